The zero-order valence-corrected chi connectivity index (χ0v) is 20.5. The van der Waals surface area contributed by atoms with E-state index in [9.17, 15) is 9.59 Å². The minimum atomic E-state index is -0.650. The molecule has 0 saturated carbocycles. The summed E-state index contributed by atoms with van der Waals surface area (Å²) in [6, 6.07) is 18.6. The number of urea groups is 1. The molecule has 0 radical (unpaired) electrons. The van der Waals surface area contributed by atoms with Gasteiger partial charge in [0.25, 0.3) is 0 Å². The quantitative estimate of drug-likeness (QED) is 0.465. The molecule has 8 heteroatoms. The Morgan fingerprint density at radius 1 is 1.11 bits per heavy atom. The highest BCUT2D eigenvalue weighted by Gasteiger charge is 2.22. The Morgan fingerprint density at radius 3 is 2.86 bits per heavy atom. The monoisotopic (exact) mass is 490 g/mol. The molecule has 2 aromatic carbocycles. The number of nitrogens with zero attached hydrogens (tertiary/aromatic N) is 1. The molecule has 0 saturated heterocycles. The third kappa shape index (κ3) is 7.23. The second-order valence-corrected chi connectivity index (χ2v) is 9.62. The highest BCUT2D eigenvalue weighted by atomic mass is 32.2. The molecule has 0 aliphatic carbocycles. The molecule has 0 fully saturated rings. The van der Waals surface area contributed by atoms with Gasteiger partial charge >= 0.3 is 6.03 Å². The number of pyridine rings is 1. The summed E-state index contributed by atoms with van der Waals surface area (Å²) in [5.74, 6) is 1.45. The standard InChI is InChI=1S/C27H30N4O3S/c1-19-18-34-22-10-6-8-20(16-22)23-11-2-3-13-25(23)35-15-5-4-12-24(26(32)29-19)31-27(33)30-21-9-7-14-28-17-21/h2-3,6-11,13-14,16-17,19,24H,4-5,12,15,18H2,1H3,(H,29,32)(H2,30,31,33)/t19-,24+/m1/s1. The summed E-state index contributed by atoms with van der Waals surface area (Å²) in [4.78, 5) is 30.8. The van der Waals surface area contributed by atoms with Gasteiger partial charge in [0, 0.05) is 11.1 Å². The van der Waals surface area contributed by atoms with Crippen LogP contribution >= 0.6 is 11.8 Å². The van der Waals surface area contributed by atoms with Gasteiger partial charge in [-0.2, -0.15) is 0 Å². The van der Waals surface area contributed by atoms with Gasteiger partial charge in [0.05, 0.1) is 17.9 Å². The van der Waals surface area contributed by atoms with Crippen molar-refractivity contribution in [1.29, 1.82) is 0 Å². The average molecular weight is 491 g/mol. The minimum absolute atomic E-state index is 0.221. The lowest BCUT2D eigenvalue weighted by Crippen LogP contribution is -2.51. The molecule has 1 aliphatic rings. The normalized spacial score (nSPS) is 18.9. The van der Waals surface area contributed by atoms with E-state index in [1.807, 2.05) is 25.1 Å². The molecule has 3 N–H and O–H groups in total. The second-order valence-electron chi connectivity index (χ2n) is 8.48. The van der Waals surface area contributed by atoms with E-state index < -0.39 is 12.1 Å². The second kappa shape index (κ2) is 12.3. The van der Waals surface area contributed by atoms with E-state index in [4.69, 9.17) is 4.74 Å². The van der Waals surface area contributed by atoms with Crippen molar-refractivity contribution in [2.75, 3.05) is 17.7 Å². The number of thioether (sulfide) groups is 1. The number of ether oxygens (including phenoxy) is 1. The lowest BCUT2D eigenvalue weighted by molar-refractivity contribution is -0.123. The Morgan fingerprint density at radius 2 is 2.00 bits per heavy atom. The number of benzene rings is 2. The molecular formula is C27H30N4O3S. The van der Waals surface area contributed by atoms with Crippen LogP contribution in [0.5, 0.6) is 5.75 Å². The highest BCUT2D eigenvalue weighted by molar-refractivity contribution is 7.99. The number of carbonyl (C=O) groups excluding carboxylic acids is 2. The molecule has 1 aromatic heterocycles. The summed E-state index contributed by atoms with van der Waals surface area (Å²) in [5, 5.41) is 8.54. The molecule has 0 unspecified atom stereocenters. The van der Waals surface area contributed by atoms with Crippen molar-refractivity contribution < 1.29 is 14.3 Å². The predicted molar refractivity (Wildman–Crippen MR) is 140 cm³/mol. The maximum absolute atomic E-state index is 13.0. The maximum Gasteiger partial charge on any atom is 0.319 e. The van der Waals surface area contributed by atoms with Gasteiger partial charge in [-0.15, -0.1) is 11.8 Å². The number of carbonyl (C=O) groups is 2. The number of amides is 3. The maximum atomic E-state index is 13.0. The number of anilines is 1. The molecule has 7 nitrogen and oxygen atoms in total. The molecule has 2 bridgehead atoms. The van der Waals surface area contributed by atoms with Crippen LogP contribution in [0.4, 0.5) is 10.5 Å². The van der Waals surface area contributed by atoms with E-state index in [0.29, 0.717) is 18.7 Å². The number of rotatable bonds is 2. The molecule has 3 amide bonds. The van der Waals surface area contributed by atoms with Gasteiger partial charge in [0.15, 0.2) is 0 Å². The summed E-state index contributed by atoms with van der Waals surface area (Å²) in [6.07, 6.45) is 5.46. The SMILES string of the molecule is C[C@@H]1COc2cccc(c2)-c2ccccc2SCCCC[C@H](NC(=O)Nc2cccnc2)C(=O)N1. The van der Waals surface area contributed by atoms with E-state index in [-0.39, 0.29) is 11.9 Å². The number of aromatic nitrogens is 1. The van der Waals surface area contributed by atoms with Crippen LogP contribution in [0.3, 0.4) is 0 Å². The lowest BCUT2D eigenvalue weighted by atomic mass is 10.1. The van der Waals surface area contributed by atoms with E-state index in [0.717, 1.165) is 29.9 Å². The van der Waals surface area contributed by atoms with Crippen molar-refractivity contribution in [2.45, 2.75) is 43.2 Å². The molecule has 4 rings (SSSR count). The Labute approximate surface area is 210 Å². The summed E-state index contributed by atoms with van der Waals surface area (Å²) in [7, 11) is 0. The highest BCUT2D eigenvalue weighted by Crippen LogP contribution is 2.33. The third-order valence-electron chi connectivity index (χ3n) is 5.61. The largest absolute Gasteiger partial charge is 0.491 e. The Balaban J connectivity index is 1.47. The Bertz CT molecular complexity index is 1140. The topological polar surface area (TPSA) is 92.3 Å². The van der Waals surface area contributed by atoms with Crippen molar-refractivity contribution in [3.05, 3.63) is 73.1 Å². The van der Waals surface area contributed by atoms with Crippen molar-refractivity contribution in [1.82, 2.24) is 15.6 Å². The predicted octanol–water partition coefficient (Wildman–Crippen LogP) is 5.10. The zero-order valence-electron chi connectivity index (χ0n) is 19.7. The Kier molecular flexibility index (Phi) is 8.62. The molecule has 0 spiro atoms. The number of hydrogen-bond acceptors (Lipinski definition) is 5. The van der Waals surface area contributed by atoms with Crippen LogP contribution in [0, 0.1) is 0 Å². The van der Waals surface area contributed by atoms with Crippen LogP contribution in [0.15, 0.2) is 78.0 Å². The summed E-state index contributed by atoms with van der Waals surface area (Å²) in [5.41, 5.74) is 2.86. The molecule has 35 heavy (non-hydrogen) atoms. The molecule has 182 valence electrons. The van der Waals surface area contributed by atoms with Crippen molar-refractivity contribution in [2.24, 2.45) is 0 Å². The van der Waals surface area contributed by atoms with Gasteiger partial charge in [-0.1, -0.05) is 36.8 Å². The minimum Gasteiger partial charge on any atom is -0.491 e. The number of hydrogen-bond donors (Lipinski definition) is 3. The van der Waals surface area contributed by atoms with Crippen molar-refractivity contribution in [3.8, 4) is 16.9 Å². The van der Waals surface area contributed by atoms with Crippen LogP contribution in [0.25, 0.3) is 11.1 Å². The van der Waals surface area contributed by atoms with Crippen LogP contribution in [0.2, 0.25) is 0 Å². The Hall–Kier alpha value is -3.52. The van der Waals surface area contributed by atoms with Gasteiger partial charge < -0.3 is 20.7 Å². The van der Waals surface area contributed by atoms with E-state index in [1.54, 1.807) is 36.3 Å². The first-order valence-corrected chi connectivity index (χ1v) is 12.8. The van der Waals surface area contributed by atoms with Crippen LogP contribution in [-0.2, 0) is 4.79 Å². The van der Waals surface area contributed by atoms with Gasteiger partial charge in [0.2, 0.25) is 5.91 Å². The van der Waals surface area contributed by atoms with Crippen LogP contribution in [-0.4, -0.2) is 41.4 Å². The first-order chi connectivity index (χ1) is 17.1. The average Bonchev–Trinajstić information content (AvgIpc) is 2.87. The van der Waals surface area contributed by atoms with E-state index in [1.165, 1.54) is 10.5 Å². The molecule has 3 aromatic rings. The number of fused-ring (bicyclic) bond motifs is 4. The molecule has 1 aliphatic heterocycles. The fourth-order valence-corrected chi connectivity index (χ4v) is 4.94. The first-order valence-electron chi connectivity index (χ1n) is 11.8. The van der Waals surface area contributed by atoms with Crippen LogP contribution < -0.4 is 20.7 Å². The fraction of sp³-hybridized carbons (Fsp3) is 0.296. The smallest absolute Gasteiger partial charge is 0.319 e. The lowest BCUT2D eigenvalue weighted by Gasteiger charge is -2.22. The first kappa shape index (κ1) is 24.6. The summed E-state index contributed by atoms with van der Waals surface area (Å²) < 4.78 is 5.99. The molecular weight excluding hydrogens is 460 g/mol. The van der Waals surface area contributed by atoms with Gasteiger partial charge in [-0.25, -0.2) is 4.79 Å². The number of nitrogens with one attached hydrogen (secondary N) is 3. The van der Waals surface area contributed by atoms with Gasteiger partial charge in [0.1, 0.15) is 18.4 Å². The van der Waals surface area contributed by atoms with Crippen molar-refractivity contribution in [3.63, 3.8) is 0 Å². The molecule has 2 atom stereocenters. The fourth-order valence-electron chi connectivity index (χ4n) is 3.85. The summed E-state index contributed by atoms with van der Waals surface area (Å²) >= 11 is 1.80. The summed E-state index contributed by atoms with van der Waals surface area (Å²) in [6.45, 7) is 2.21. The van der Waals surface area contributed by atoms with E-state index in [2.05, 4.69) is 51.3 Å². The van der Waals surface area contributed by atoms with E-state index >= 15 is 0 Å². The molecule has 2 heterocycles. The van der Waals surface area contributed by atoms with Crippen LogP contribution in [0.1, 0.15) is 26.2 Å². The zero-order chi connectivity index (χ0) is 24.5. The van der Waals surface area contributed by atoms with Gasteiger partial charge in [-0.05, 0) is 67.0 Å². The van der Waals surface area contributed by atoms with Crippen molar-refractivity contribution >= 4 is 29.4 Å². The third-order valence-corrected chi connectivity index (χ3v) is 6.77. The van der Waals surface area contributed by atoms with Gasteiger partial charge in [-0.3, -0.25) is 9.78 Å².